The Labute approximate surface area is 222 Å². The predicted molar refractivity (Wildman–Crippen MR) is 148 cm³/mol. The van der Waals surface area contributed by atoms with E-state index in [9.17, 15) is 14.4 Å². The molecule has 0 bridgehead atoms. The first-order valence-electron chi connectivity index (χ1n) is 12.1. The van der Waals surface area contributed by atoms with Crippen LogP contribution in [0.5, 0.6) is 0 Å². The number of aryl methyl sites for hydroxylation is 1. The highest BCUT2D eigenvalue weighted by atomic mass is 16.3. The van der Waals surface area contributed by atoms with Gasteiger partial charge in [0, 0.05) is 17.2 Å². The van der Waals surface area contributed by atoms with Crippen LogP contribution in [0.15, 0.2) is 117 Å². The van der Waals surface area contributed by atoms with E-state index in [0.29, 0.717) is 39.6 Å². The number of carbonyl (C=O) groups is 2. The molecule has 0 radical (unpaired) electrons. The van der Waals surface area contributed by atoms with E-state index in [2.05, 4.69) is 15.4 Å². The summed E-state index contributed by atoms with van der Waals surface area (Å²) in [5.74, 6) is 0.502. The Balaban J connectivity index is 1.31. The highest BCUT2D eigenvalue weighted by molar-refractivity contribution is 6.33. The minimum Gasteiger partial charge on any atom is -0.465 e. The lowest BCUT2D eigenvalue weighted by Gasteiger charge is -2.19. The molecule has 3 aromatic carbocycles. The van der Waals surface area contributed by atoms with Gasteiger partial charge in [-0.25, -0.2) is 14.7 Å². The van der Waals surface area contributed by atoms with Crippen LogP contribution in [-0.4, -0.2) is 27.3 Å². The smallest absolute Gasteiger partial charge is 0.282 e. The molecule has 0 aliphatic carbocycles. The van der Waals surface area contributed by atoms with Gasteiger partial charge in [-0.2, -0.15) is 0 Å². The molecule has 1 aliphatic heterocycles. The van der Waals surface area contributed by atoms with Gasteiger partial charge in [0.2, 0.25) is 0 Å². The van der Waals surface area contributed by atoms with Crippen molar-refractivity contribution < 1.29 is 14.0 Å². The molecule has 0 atom stereocenters. The number of rotatable bonds is 5. The number of anilines is 1. The van der Waals surface area contributed by atoms with Crippen molar-refractivity contribution in [2.24, 2.45) is 4.99 Å². The van der Waals surface area contributed by atoms with Crippen LogP contribution in [0.1, 0.15) is 27.5 Å². The fourth-order valence-corrected chi connectivity index (χ4v) is 4.35. The lowest BCUT2D eigenvalue weighted by molar-refractivity contribution is -0.113. The number of benzene rings is 3. The van der Waals surface area contributed by atoms with Crippen LogP contribution in [0, 0.1) is 6.92 Å². The van der Waals surface area contributed by atoms with E-state index in [4.69, 9.17) is 4.42 Å². The Morgan fingerprint density at radius 1 is 0.897 bits per heavy atom. The van der Waals surface area contributed by atoms with Gasteiger partial charge in [0.25, 0.3) is 17.4 Å². The van der Waals surface area contributed by atoms with E-state index >= 15 is 0 Å². The molecule has 9 nitrogen and oxygen atoms in total. The lowest BCUT2D eigenvalue weighted by atomic mass is 10.1. The van der Waals surface area contributed by atoms with E-state index in [1.54, 1.807) is 73.7 Å². The van der Waals surface area contributed by atoms with Crippen molar-refractivity contribution in [3.63, 3.8) is 0 Å². The number of nitrogens with zero attached hydrogens (tertiary/aromatic N) is 4. The number of hydrogen-bond donors (Lipinski definition) is 1. The summed E-state index contributed by atoms with van der Waals surface area (Å²) in [7, 11) is 0. The molecule has 0 saturated carbocycles. The van der Waals surface area contributed by atoms with Crippen LogP contribution in [-0.2, 0) is 4.79 Å². The average Bonchev–Trinajstić information content (AvgIpc) is 3.59. The van der Waals surface area contributed by atoms with E-state index in [1.807, 2.05) is 30.3 Å². The molecular weight excluding hydrogens is 494 g/mol. The van der Waals surface area contributed by atoms with Crippen LogP contribution in [0.3, 0.4) is 0 Å². The maximum atomic E-state index is 13.4. The molecule has 2 aromatic heterocycles. The van der Waals surface area contributed by atoms with Gasteiger partial charge >= 0.3 is 0 Å². The van der Waals surface area contributed by atoms with Gasteiger partial charge in [-0.15, -0.1) is 0 Å². The second-order valence-corrected chi connectivity index (χ2v) is 8.79. The summed E-state index contributed by atoms with van der Waals surface area (Å²) in [6, 6.07) is 26.3. The molecule has 1 N–H and O–H groups in total. The van der Waals surface area contributed by atoms with E-state index in [-0.39, 0.29) is 17.2 Å². The molecule has 1 aliphatic rings. The van der Waals surface area contributed by atoms with Crippen molar-refractivity contribution in [1.29, 1.82) is 0 Å². The summed E-state index contributed by atoms with van der Waals surface area (Å²) in [6.07, 6.45) is 3.11. The molecule has 2 amide bonds. The zero-order chi connectivity index (χ0) is 26.9. The molecule has 0 fully saturated rings. The molecule has 9 heteroatoms. The summed E-state index contributed by atoms with van der Waals surface area (Å²) in [6.45, 7) is 1.65. The fraction of sp³-hybridized carbons (Fsp3) is 0.0333. The SMILES string of the molecule is Cc1nc2ccccc2c(=O)n1NC(=O)c1ccc(N2C(=O)C(=Cc3ccco3)N=C2c2ccccc2)cc1. The topological polar surface area (TPSA) is 110 Å². The van der Waals surface area contributed by atoms with Crippen molar-refractivity contribution >= 4 is 40.3 Å². The molecule has 0 saturated heterocycles. The number of furan rings is 1. The summed E-state index contributed by atoms with van der Waals surface area (Å²) in [5, 5.41) is 0.400. The maximum Gasteiger partial charge on any atom is 0.282 e. The summed E-state index contributed by atoms with van der Waals surface area (Å²) < 4.78 is 6.50. The quantitative estimate of drug-likeness (QED) is 0.346. The number of hydrogen-bond acceptors (Lipinski definition) is 6. The summed E-state index contributed by atoms with van der Waals surface area (Å²) in [5.41, 5.74) is 4.63. The maximum absolute atomic E-state index is 13.4. The average molecular weight is 516 g/mol. The fourth-order valence-electron chi connectivity index (χ4n) is 4.35. The first-order valence-corrected chi connectivity index (χ1v) is 12.1. The Kier molecular flexibility index (Phi) is 5.93. The third-order valence-corrected chi connectivity index (χ3v) is 6.26. The normalized spacial score (nSPS) is 14.2. The molecule has 3 heterocycles. The summed E-state index contributed by atoms with van der Waals surface area (Å²) >= 11 is 0. The lowest BCUT2D eigenvalue weighted by Crippen LogP contribution is -2.35. The molecule has 0 spiro atoms. The van der Waals surface area contributed by atoms with E-state index in [0.717, 1.165) is 10.2 Å². The van der Waals surface area contributed by atoms with E-state index in [1.165, 1.54) is 11.2 Å². The molecule has 0 unspecified atom stereocenters. The van der Waals surface area contributed by atoms with Crippen LogP contribution in [0.4, 0.5) is 5.69 Å². The first kappa shape index (κ1) is 23.8. The van der Waals surface area contributed by atoms with Crippen LogP contribution in [0.2, 0.25) is 0 Å². The zero-order valence-electron chi connectivity index (χ0n) is 20.7. The number of aromatic nitrogens is 2. The van der Waals surface area contributed by atoms with Crippen molar-refractivity contribution in [3.8, 4) is 0 Å². The van der Waals surface area contributed by atoms with Crippen LogP contribution >= 0.6 is 0 Å². The third-order valence-electron chi connectivity index (χ3n) is 6.26. The van der Waals surface area contributed by atoms with Gasteiger partial charge in [-0.3, -0.25) is 24.7 Å². The number of carbonyl (C=O) groups excluding carboxylic acids is 2. The van der Waals surface area contributed by atoms with Crippen molar-refractivity contribution in [2.75, 3.05) is 10.3 Å². The standard InChI is InChI=1S/C30H21N5O4/c1-19-31-25-12-6-5-11-24(25)29(37)35(19)33-28(36)21-13-15-22(16-14-21)34-27(20-8-3-2-4-9-20)32-26(30(34)38)18-23-10-7-17-39-23/h2-18H,1H3,(H,33,36). The van der Waals surface area contributed by atoms with E-state index < -0.39 is 5.91 Å². The van der Waals surface area contributed by atoms with Gasteiger partial charge in [-0.1, -0.05) is 42.5 Å². The second-order valence-electron chi connectivity index (χ2n) is 8.79. The minimum atomic E-state index is -0.494. The molecular formula is C30H21N5O4. The Hall–Kier alpha value is -5.57. The van der Waals surface area contributed by atoms with Crippen molar-refractivity contribution in [3.05, 3.63) is 136 Å². The van der Waals surface area contributed by atoms with Gasteiger partial charge in [-0.05, 0) is 55.5 Å². The second kappa shape index (κ2) is 9.71. The largest absolute Gasteiger partial charge is 0.465 e. The van der Waals surface area contributed by atoms with Crippen molar-refractivity contribution in [1.82, 2.24) is 9.66 Å². The molecule has 6 rings (SSSR count). The Morgan fingerprint density at radius 2 is 1.64 bits per heavy atom. The third kappa shape index (κ3) is 4.42. The Bertz CT molecular complexity index is 1840. The van der Waals surface area contributed by atoms with Crippen LogP contribution < -0.4 is 15.9 Å². The number of aliphatic imine (C=N–C) groups is 1. The number of nitrogens with one attached hydrogen (secondary N) is 1. The van der Waals surface area contributed by atoms with Gasteiger partial charge < -0.3 is 4.42 Å². The van der Waals surface area contributed by atoms with Gasteiger partial charge in [0.05, 0.1) is 22.9 Å². The van der Waals surface area contributed by atoms with Gasteiger partial charge in [0.1, 0.15) is 23.1 Å². The summed E-state index contributed by atoms with van der Waals surface area (Å²) in [4.78, 5) is 49.9. The number of amides is 2. The zero-order valence-corrected chi connectivity index (χ0v) is 20.7. The van der Waals surface area contributed by atoms with Crippen LogP contribution in [0.25, 0.3) is 17.0 Å². The molecule has 39 heavy (non-hydrogen) atoms. The Morgan fingerprint density at radius 3 is 2.38 bits per heavy atom. The predicted octanol–water partition coefficient (Wildman–Crippen LogP) is 4.52. The number of fused-ring (bicyclic) bond motifs is 1. The highest BCUT2D eigenvalue weighted by Crippen LogP contribution is 2.28. The van der Waals surface area contributed by atoms with Crippen molar-refractivity contribution in [2.45, 2.75) is 6.92 Å². The monoisotopic (exact) mass is 515 g/mol. The highest BCUT2D eigenvalue weighted by Gasteiger charge is 2.32. The first-order chi connectivity index (χ1) is 19.0. The molecule has 5 aromatic rings. The minimum absolute atomic E-state index is 0.226. The number of para-hydroxylation sites is 1. The van der Waals surface area contributed by atoms with Gasteiger partial charge in [0.15, 0.2) is 0 Å². The molecule has 190 valence electrons. The number of amidine groups is 1.